The predicted molar refractivity (Wildman–Crippen MR) is 47.0 cm³/mol. The number of aromatic nitrogens is 2. The third kappa shape index (κ3) is 1.57. The van der Waals surface area contributed by atoms with E-state index in [0.29, 0.717) is 11.1 Å². The Morgan fingerprint density at radius 2 is 2.17 bits per heavy atom. The van der Waals surface area contributed by atoms with Crippen LogP contribution in [0.4, 0.5) is 0 Å². The van der Waals surface area contributed by atoms with Crippen molar-refractivity contribution in [3.63, 3.8) is 0 Å². The summed E-state index contributed by atoms with van der Waals surface area (Å²) >= 11 is 5.67. The molecule has 4 heteroatoms. The van der Waals surface area contributed by atoms with Gasteiger partial charge in [-0.25, -0.2) is 9.97 Å². The molecule has 0 aliphatic carbocycles. The Bertz CT molecular complexity index is 254. The molecule has 0 bridgehead atoms. The highest BCUT2D eigenvalue weighted by Crippen LogP contribution is 2.19. The Kier molecular flexibility index (Phi) is 2.23. The van der Waals surface area contributed by atoms with Crippen LogP contribution in [0.3, 0.4) is 0 Å². The van der Waals surface area contributed by atoms with Gasteiger partial charge in [0.25, 0.3) is 0 Å². The molecule has 2 heterocycles. The highest BCUT2D eigenvalue weighted by molar-refractivity contribution is 6.30. The first-order valence-corrected chi connectivity index (χ1v) is 4.45. The molecule has 0 spiro atoms. The molecule has 1 aromatic rings. The fourth-order valence-corrected chi connectivity index (χ4v) is 1.50. The molecule has 1 N–H and O–H groups in total. The van der Waals surface area contributed by atoms with Crippen LogP contribution >= 0.6 is 11.6 Å². The highest BCUT2D eigenvalue weighted by atomic mass is 35.5. The summed E-state index contributed by atoms with van der Waals surface area (Å²) < 4.78 is 0. The van der Waals surface area contributed by atoms with E-state index in [9.17, 15) is 0 Å². The van der Waals surface area contributed by atoms with E-state index in [1.807, 2.05) is 0 Å². The van der Waals surface area contributed by atoms with Gasteiger partial charge in [-0.3, -0.25) is 0 Å². The topological polar surface area (TPSA) is 37.8 Å². The summed E-state index contributed by atoms with van der Waals surface area (Å²) in [5.74, 6) is 0.858. The normalized spacial score (nSPS) is 22.9. The Morgan fingerprint density at radius 3 is 2.75 bits per heavy atom. The summed E-state index contributed by atoms with van der Waals surface area (Å²) in [5.41, 5.74) is 0. The Labute approximate surface area is 76.2 Å². The molecule has 2 rings (SSSR count). The van der Waals surface area contributed by atoms with E-state index < -0.39 is 0 Å². The van der Waals surface area contributed by atoms with E-state index in [1.54, 1.807) is 12.4 Å². The summed E-state index contributed by atoms with van der Waals surface area (Å²) in [4.78, 5) is 8.31. The lowest BCUT2D eigenvalue weighted by molar-refractivity contribution is 0.604. The smallest absolute Gasteiger partial charge is 0.145 e. The summed E-state index contributed by atoms with van der Waals surface area (Å²) in [6.45, 7) is 1.07. The van der Waals surface area contributed by atoms with Gasteiger partial charge in [0.15, 0.2) is 0 Å². The van der Waals surface area contributed by atoms with E-state index in [0.717, 1.165) is 18.8 Å². The summed E-state index contributed by atoms with van der Waals surface area (Å²) in [7, 11) is 0. The van der Waals surface area contributed by atoms with Crippen molar-refractivity contribution in [3.8, 4) is 0 Å². The predicted octanol–water partition coefficient (Wildman–Crippen LogP) is 1.55. The number of halogens is 1. The fourth-order valence-electron chi connectivity index (χ4n) is 1.41. The van der Waals surface area contributed by atoms with Crippen molar-refractivity contribution in [2.75, 3.05) is 6.54 Å². The summed E-state index contributed by atoms with van der Waals surface area (Å²) in [5, 5.41) is 3.92. The molecule has 12 heavy (non-hydrogen) atoms. The second-order valence-corrected chi connectivity index (χ2v) is 3.34. The van der Waals surface area contributed by atoms with Gasteiger partial charge in [-0.1, -0.05) is 11.6 Å². The minimum Gasteiger partial charge on any atom is -0.307 e. The first kappa shape index (κ1) is 7.95. The molecule has 3 nitrogen and oxygen atoms in total. The van der Waals surface area contributed by atoms with Crippen molar-refractivity contribution in [1.29, 1.82) is 0 Å². The van der Waals surface area contributed by atoms with Gasteiger partial charge in [-0.05, 0) is 19.4 Å². The third-order valence-corrected chi connectivity index (χ3v) is 2.21. The van der Waals surface area contributed by atoms with E-state index >= 15 is 0 Å². The summed E-state index contributed by atoms with van der Waals surface area (Å²) in [6.07, 6.45) is 5.62. The van der Waals surface area contributed by atoms with Crippen LogP contribution < -0.4 is 5.32 Å². The van der Waals surface area contributed by atoms with Crippen LogP contribution in [-0.2, 0) is 0 Å². The van der Waals surface area contributed by atoms with Gasteiger partial charge >= 0.3 is 0 Å². The minimum atomic E-state index is 0.335. The van der Waals surface area contributed by atoms with E-state index in [2.05, 4.69) is 15.3 Å². The molecule has 1 aliphatic rings. The zero-order valence-corrected chi connectivity index (χ0v) is 7.38. The Morgan fingerprint density at radius 1 is 1.42 bits per heavy atom. The van der Waals surface area contributed by atoms with Crippen LogP contribution in [0.2, 0.25) is 5.02 Å². The van der Waals surface area contributed by atoms with E-state index in [4.69, 9.17) is 11.6 Å². The number of rotatable bonds is 1. The molecule has 0 saturated carbocycles. The zero-order valence-electron chi connectivity index (χ0n) is 6.63. The molecule has 1 atom stereocenters. The third-order valence-electron chi connectivity index (χ3n) is 2.01. The zero-order chi connectivity index (χ0) is 8.39. The van der Waals surface area contributed by atoms with Gasteiger partial charge in [0.05, 0.1) is 11.1 Å². The number of hydrogen-bond donors (Lipinski definition) is 1. The molecule has 1 aromatic heterocycles. The lowest BCUT2D eigenvalue weighted by Crippen LogP contribution is -2.15. The van der Waals surface area contributed by atoms with E-state index in [-0.39, 0.29) is 0 Å². The molecule has 1 fully saturated rings. The quantitative estimate of drug-likeness (QED) is 0.718. The Hall–Kier alpha value is -0.670. The lowest BCUT2D eigenvalue weighted by atomic mass is 10.2. The first-order valence-electron chi connectivity index (χ1n) is 4.07. The van der Waals surface area contributed by atoms with Gasteiger partial charge in [0.1, 0.15) is 5.82 Å². The van der Waals surface area contributed by atoms with Crippen molar-refractivity contribution < 1.29 is 0 Å². The minimum absolute atomic E-state index is 0.335. The van der Waals surface area contributed by atoms with Crippen LogP contribution in [0, 0.1) is 0 Å². The van der Waals surface area contributed by atoms with Crippen molar-refractivity contribution in [3.05, 3.63) is 23.2 Å². The van der Waals surface area contributed by atoms with Crippen LogP contribution in [0.5, 0.6) is 0 Å². The second kappa shape index (κ2) is 3.37. The monoisotopic (exact) mass is 183 g/mol. The van der Waals surface area contributed by atoms with Crippen LogP contribution in [0.1, 0.15) is 24.7 Å². The fraction of sp³-hybridized carbons (Fsp3) is 0.500. The molecular formula is C8H10ClN3. The maximum Gasteiger partial charge on any atom is 0.145 e. The average molecular weight is 184 g/mol. The molecule has 0 amide bonds. The number of nitrogens with one attached hydrogen (secondary N) is 1. The second-order valence-electron chi connectivity index (χ2n) is 2.91. The molecular weight excluding hydrogens is 174 g/mol. The molecule has 0 aromatic carbocycles. The largest absolute Gasteiger partial charge is 0.307 e. The SMILES string of the molecule is Clc1cnc(C2CCCN2)nc1. The first-order chi connectivity index (χ1) is 5.86. The Balaban J connectivity index is 2.17. The molecule has 1 unspecified atom stereocenters. The molecule has 64 valence electrons. The van der Waals surface area contributed by atoms with Gasteiger partial charge in [-0.15, -0.1) is 0 Å². The number of nitrogens with zero attached hydrogens (tertiary/aromatic N) is 2. The lowest BCUT2D eigenvalue weighted by Gasteiger charge is -2.06. The van der Waals surface area contributed by atoms with Crippen molar-refractivity contribution in [2.24, 2.45) is 0 Å². The number of hydrogen-bond acceptors (Lipinski definition) is 3. The molecule has 1 aliphatic heterocycles. The van der Waals surface area contributed by atoms with Gasteiger partial charge < -0.3 is 5.32 Å². The molecule has 0 radical (unpaired) electrons. The van der Waals surface area contributed by atoms with E-state index in [1.165, 1.54) is 6.42 Å². The van der Waals surface area contributed by atoms with Crippen molar-refractivity contribution in [2.45, 2.75) is 18.9 Å². The van der Waals surface area contributed by atoms with Crippen molar-refractivity contribution in [1.82, 2.24) is 15.3 Å². The van der Waals surface area contributed by atoms with Gasteiger partial charge in [-0.2, -0.15) is 0 Å². The standard InChI is InChI=1S/C8H10ClN3/c9-6-4-11-8(12-5-6)7-2-1-3-10-7/h4-5,7,10H,1-3H2. The summed E-state index contributed by atoms with van der Waals surface area (Å²) in [6, 6.07) is 0.335. The van der Waals surface area contributed by atoms with Gasteiger partial charge in [0, 0.05) is 12.4 Å². The van der Waals surface area contributed by atoms with Crippen LogP contribution in [-0.4, -0.2) is 16.5 Å². The highest BCUT2D eigenvalue weighted by Gasteiger charge is 2.17. The van der Waals surface area contributed by atoms with Crippen LogP contribution in [0.25, 0.3) is 0 Å². The maximum absolute atomic E-state index is 5.67. The van der Waals surface area contributed by atoms with Crippen molar-refractivity contribution >= 4 is 11.6 Å². The van der Waals surface area contributed by atoms with Crippen LogP contribution in [0.15, 0.2) is 12.4 Å². The molecule has 1 saturated heterocycles. The van der Waals surface area contributed by atoms with Gasteiger partial charge in [0.2, 0.25) is 0 Å². The maximum atomic E-state index is 5.67. The average Bonchev–Trinajstić information content (AvgIpc) is 2.58.